The Morgan fingerprint density at radius 1 is 1.33 bits per heavy atom. The van der Waals surface area contributed by atoms with E-state index in [9.17, 15) is 0 Å². The first-order chi connectivity index (χ1) is 8.75. The average Bonchev–Trinajstić information content (AvgIpc) is 2.40. The van der Waals surface area contributed by atoms with Gasteiger partial charge in [-0.1, -0.05) is 24.3 Å². The number of nitrogens with two attached hydrogens (primary N) is 1. The molecule has 0 saturated carbocycles. The van der Waals surface area contributed by atoms with Crippen LogP contribution in [0.5, 0.6) is 0 Å². The quantitative estimate of drug-likeness (QED) is 0.619. The molecule has 1 saturated heterocycles. The van der Waals surface area contributed by atoms with E-state index in [4.69, 9.17) is 20.6 Å². The Bertz CT molecular complexity index is 383. The molecule has 1 fully saturated rings. The summed E-state index contributed by atoms with van der Waals surface area (Å²) in [4.78, 5) is 0. The van der Waals surface area contributed by atoms with Gasteiger partial charge in [-0.3, -0.25) is 5.41 Å². The standard InChI is InChI=1S/C14H20N2O2/c15-14(16)12-6-4-11(5-7-12)9-17-10-13-3-1-2-8-18-13/h4-7,13H,1-3,8-10H2,(H3,15,16). The monoisotopic (exact) mass is 248 g/mol. The van der Waals surface area contributed by atoms with Gasteiger partial charge in [0.2, 0.25) is 0 Å². The van der Waals surface area contributed by atoms with E-state index in [0.717, 1.165) is 24.2 Å². The first-order valence-corrected chi connectivity index (χ1v) is 6.38. The molecule has 1 heterocycles. The van der Waals surface area contributed by atoms with Gasteiger partial charge in [-0.25, -0.2) is 0 Å². The minimum atomic E-state index is 0.0954. The van der Waals surface area contributed by atoms with Crippen molar-refractivity contribution in [2.45, 2.75) is 32.0 Å². The number of hydrogen-bond acceptors (Lipinski definition) is 3. The molecule has 4 nitrogen and oxygen atoms in total. The third-order valence-electron chi connectivity index (χ3n) is 3.11. The number of amidine groups is 1. The summed E-state index contributed by atoms with van der Waals surface area (Å²) in [6, 6.07) is 7.58. The molecule has 1 aromatic carbocycles. The van der Waals surface area contributed by atoms with Crippen molar-refractivity contribution in [1.29, 1.82) is 5.41 Å². The van der Waals surface area contributed by atoms with Crippen LogP contribution < -0.4 is 5.73 Å². The van der Waals surface area contributed by atoms with E-state index in [1.807, 2.05) is 24.3 Å². The highest BCUT2D eigenvalue weighted by Crippen LogP contribution is 2.13. The lowest BCUT2D eigenvalue weighted by molar-refractivity contribution is -0.0447. The SMILES string of the molecule is N=C(N)c1ccc(COCC2CCCCO2)cc1. The van der Waals surface area contributed by atoms with Crippen molar-refractivity contribution in [3.63, 3.8) is 0 Å². The van der Waals surface area contributed by atoms with E-state index in [1.54, 1.807) is 0 Å². The molecule has 0 spiro atoms. The lowest BCUT2D eigenvalue weighted by atomic mass is 10.1. The molecular formula is C14H20N2O2. The summed E-state index contributed by atoms with van der Waals surface area (Å²) in [5.74, 6) is 0.0954. The summed E-state index contributed by atoms with van der Waals surface area (Å²) in [5, 5.41) is 7.31. The second-order valence-electron chi connectivity index (χ2n) is 4.61. The highest BCUT2D eigenvalue weighted by Gasteiger charge is 2.13. The Labute approximate surface area is 108 Å². The molecule has 0 bridgehead atoms. The lowest BCUT2D eigenvalue weighted by Gasteiger charge is -2.22. The van der Waals surface area contributed by atoms with Crippen LogP contribution in [0.25, 0.3) is 0 Å². The van der Waals surface area contributed by atoms with E-state index in [1.165, 1.54) is 12.8 Å². The molecule has 18 heavy (non-hydrogen) atoms. The number of nitrogen functional groups attached to an aromatic ring is 1. The second kappa shape index (κ2) is 6.52. The van der Waals surface area contributed by atoms with Gasteiger partial charge < -0.3 is 15.2 Å². The summed E-state index contributed by atoms with van der Waals surface area (Å²) in [6.45, 7) is 2.10. The predicted molar refractivity (Wildman–Crippen MR) is 70.7 cm³/mol. The number of benzene rings is 1. The molecule has 2 rings (SSSR count). The number of ether oxygens (including phenoxy) is 2. The first kappa shape index (κ1) is 13.1. The largest absolute Gasteiger partial charge is 0.384 e. The van der Waals surface area contributed by atoms with Crippen LogP contribution in [0.15, 0.2) is 24.3 Å². The fraction of sp³-hybridized carbons (Fsp3) is 0.500. The zero-order valence-electron chi connectivity index (χ0n) is 10.5. The zero-order chi connectivity index (χ0) is 12.8. The van der Waals surface area contributed by atoms with Gasteiger partial charge in [0.15, 0.2) is 0 Å². The zero-order valence-corrected chi connectivity index (χ0v) is 10.5. The minimum absolute atomic E-state index is 0.0954. The van der Waals surface area contributed by atoms with E-state index < -0.39 is 0 Å². The predicted octanol–water partition coefficient (Wildman–Crippen LogP) is 2.06. The summed E-state index contributed by atoms with van der Waals surface area (Å²) >= 11 is 0. The second-order valence-corrected chi connectivity index (χ2v) is 4.61. The van der Waals surface area contributed by atoms with Gasteiger partial charge in [0.1, 0.15) is 5.84 Å². The maximum atomic E-state index is 7.31. The van der Waals surface area contributed by atoms with Gasteiger partial charge in [-0.2, -0.15) is 0 Å². The normalized spacial score (nSPS) is 19.7. The van der Waals surface area contributed by atoms with Crippen LogP contribution in [0.3, 0.4) is 0 Å². The fourth-order valence-corrected chi connectivity index (χ4v) is 2.03. The van der Waals surface area contributed by atoms with Crippen LogP contribution in [0.1, 0.15) is 30.4 Å². The van der Waals surface area contributed by atoms with Gasteiger partial charge in [-0.15, -0.1) is 0 Å². The van der Waals surface area contributed by atoms with Crippen LogP contribution in [-0.4, -0.2) is 25.2 Å². The highest BCUT2D eigenvalue weighted by molar-refractivity contribution is 5.94. The summed E-state index contributed by atoms with van der Waals surface area (Å²) in [7, 11) is 0. The maximum absolute atomic E-state index is 7.31. The molecule has 1 unspecified atom stereocenters. The van der Waals surface area contributed by atoms with Gasteiger partial charge in [-0.05, 0) is 24.8 Å². The summed E-state index contributed by atoms with van der Waals surface area (Å²) in [5.41, 5.74) is 7.24. The molecular weight excluding hydrogens is 228 g/mol. The molecule has 1 atom stereocenters. The highest BCUT2D eigenvalue weighted by atomic mass is 16.5. The molecule has 4 heteroatoms. The third kappa shape index (κ3) is 3.82. The number of rotatable bonds is 5. The van der Waals surface area contributed by atoms with Crippen LogP contribution in [0.4, 0.5) is 0 Å². The van der Waals surface area contributed by atoms with Crippen molar-refractivity contribution in [1.82, 2.24) is 0 Å². The van der Waals surface area contributed by atoms with E-state index in [2.05, 4.69) is 0 Å². The molecule has 1 aliphatic rings. The Morgan fingerprint density at radius 2 is 2.11 bits per heavy atom. The maximum Gasteiger partial charge on any atom is 0.122 e. The smallest absolute Gasteiger partial charge is 0.122 e. The first-order valence-electron chi connectivity index (χ1n) is 6.38. The molecule has 1 aliphatic heterocycles. The fourth-order valence-electron chi connectivity index (χ4n) is 2.03. The van der Waals surface area contributed by atoms with Crippen LogP contribution >= 0.6 is 0 Å². The van der Waals surface area contributed by atoms with Gasteiger partial charge in [0.25, 0.3) is 0 Å². The molecule has 0 radical (unpaired) electrons. The van der Waals surface area contributed by atoms with Crippen LogP contribution in [0.2, 0.25) is 0 Å². The Hall–Kier alpha value is -1.39. The molecule has 3 N–H and O–H groups in total. The van der Waals surface area contributed by atoms with Crippen molar-refractivity contribution >= 4 is 5.84 Å². The van der Waals surface area contributed by atoms with Crippen molar-refractivity contribution in [3.8, 4) is 0 Å². The van der Waals surface area contributed by atoms with Crippen molar-refractivity contribution in [3.05, 3.63) is 35.4 Å². The Morgan fingerprint density at radius 3 is 2.72 bits per heavy atom. The Kier molecular flexibility index (Phi) is 4.73. The van der Waals surface area contributed by atoms with Gasteiger partial charge in [0, 0.05) is 12.2 Å². The lowest BCUT2D eigenvalue weighted by Crippen LogP contribution is -2.24. The number of hydrogen-bond donors (Lipinski definition) is 2. The minimum Gasteiger partial charge on any atom is -0.384 e. The summed E-state index contributed by atoms with van der Waals surface area (Å²) < 4.78 is 11.2. The van der Waals surface area contributed by atoms with Crippen molar-refractivity contribution < 1.29 is 9.47 Å². The Balaban J connectivity index is 1.74. The van der Waals surface area contributed by atoms with Gasteiger partial charge >= 0.3 is 0 Å². The van der Waals surface area contributed by atoms with E-state index in [0.29, 0.717) is 13.2 Å². The average molecular weight is 248 g/mol. The molecule has 1 aromatic rings. The summed E-state index contributed by atoms with van der Waals surface area (Å²) in [6.07, 6.45) is 3.77. The van der Waals surface area contributed by atoms with E-state index >= 15 is 0 Å². The number of nitrogens with one attached hydrogen (secondary N) is 1. The molecule has 0 aromatic heterocycles. The molecule has 98 valence electrons. The van der Waals surface area contributed by atoms with Crippen LogP contribution in [-0.2, 0) is 16.1 Å². The van der Waals surface area contributed by atoms with Crippen molar-refractivity contribution in [2.24, 2.45) is 5.73 Å². The van der Waals surface area contributed by atoms with Crippen LogP contribution in [0, 0.1) is 5.41 Å². The third-order valence-corrected chi connectivity index (χ3v) is 3.11. The molecule has 0 aliphatic carbocycles. The molecule has 0 amide bonds. The van der Waals surface area contributed by atoms with Gasteiger partial charge in [0.05, 0.1) is 19.3 Å². The van der Waals surface area contributed by atoms with E-state index in [-0.39, 0.29) is 11.9 Å². The topological polar surface area (TPSA) is 68.3 Å². The van der Waals surface area contributed by atoms with Crippen molar-refractivity contribution in [2.75, 3.05) is 13.2 Å².